The largest absolute Gasteiger partial charge is 0.326 e. The lowest BCUT2D eigenvalue weighted by atomic mass is 10.0. The highest BCUT2D eigenvalue weighted by atomic mass is 35.5. The quantitative estimate of drug-likeness (QED) is 0.710. The van der Waals surface area contributed by atoms with E-state index in [1.54, 1.807) is 6.07 Å². The number of anilines is 2. The molecule has 6 heteroatoms. The predicted molar refractivity (Wildman–Crippen MR) is 98.0 cm³/mol. The van der Waals surface area contributed by atoms with Crippen molar-refractivity contribution >= 4 is 35.6 Å². The Labute approximate surface area is 144 Å². The molecule has 0 unspecified atom stereocenters. The minimum Gasteiger partial charge on any atom is -0.326 e. The van der Waals surface area contributed by atoms with Crippen LogP contribution in [0.2, 0.25) is 0 Å². The predicted octanol–water partition coefficient (Wildman–Crippen LogP) is 3.47. The number of carbonyl (C=O) groups excluding carboxylic acids is 2. The van der Waals surface area contributed by atoms with E-state index in [2.05, 4.69) is 10.6 Å². The van der Waals surface area contributed by atoms with Crippen LogP contribution >= 0.6 is 12.4 Å². The Kier molecular flexibility index (Phi) is 9.53. The molecule has 0 saturated heterocycles. The van der Waals surface area contributed by atoms with Crippen LogP contribution in [0.3, 0.4) is 0 Å². The summed E-state index contributed by atoms with van der Waals surface area (Å²) >= 11 is 0. The van der Waals surface area contributed by atoms with Gasteiger partial charge in [0, 0.05) is 17.8 Å². The first kappa shape index (κ1) is 21.4. The number of amides is 2. The summed E-state index contributed by atoms with van der Waals surface area (Å²) in [5, 5.41) is 5.71. The van der Waals surface area contributed by atoms with Crippen LogP contribution < -0.4 is 16.4 Å². The van der Waals surface area contributed by atoms with E-state index < -0.39 is 6.04 Å². The molecule has 130 valence electrons. The van der Waals surface area contributed by atoms with Crippen molar-refractivity contribution in [2.24, 2.45) is 11.7 Å². The third-order valence-electron chi connectivity index (χ3n) is 3.40. The molecule has 2 amide bonds. The van der Waals surface area contributed by atoms with E-state index in [0.29, 0.717) is 30.1 Å². The second kappa shape index (κ2) is 10.2. The molecule has 0 spiro atoms. The Morgan fingerprint density at radius 2 is 1.74 bits per heavy atom. The number of nitrogens with two attached hydrogens (primary N) is 1. The Morgan fingerprint density at radius 3 is 2.26 bits per heavy atom. The van der Waals surface area contributed by atoms with Gasteiger partial charge in [-0.3, -0.25) is 9.59 Å². The average Bonchev–Trinajstić information content (AvgIpc) is 2.42. The van der Waals surface area contributed by atoms with Crippen LogP contribution in [0.1, 0.15) is 45.6 Å². The van der Waals surface area contributed by atoms with Crippen LogP contribution in [0.5, 0.6) is 0 Å². The van der Waals surface area contributed by atoms with Gasteiger partial charge in [0.25, 0.3) is 0 Å². The molecule has 0 saturated carbocycles. The van der Waals surface area contributed by atoms with E-state index in [0.717, 1.165) is 12.0 Å². The van der Waals surface area contributed by atoms with Crippen molar-refractivity contribution in [2.45, 2.75) is 53.0 Å². The first-order valence-electron chi connectivity index (χ1n) is 7.81. The van der Waals surface area contributed by atoms with Gasteiger partial charge in [-0.25, -0.2) is 0 Å². The van der Waals surface area contributed by atoms with E-state index in [-0.39, 0.29) is 24.2 Å². The highest BCUT2D eigenvalue weighted by molar-refractivity contribution is 5.97. The van der Waals surface area contributed by atoms with Crippen LogP contribution in [0.15, 0.2) is 18.2 Å². The molecular formula is C17H28ClN3O2. The molecule has 0 radical (unpaired) electrons. The fraction of sp³-hybridized carbons (Fsp3) is 0.529. The Hall–Kier alpha value is -1.59. The van der Waals surface area contributed by atoms with Crippen molar-refractivity contribution in [3.8, 4) is 0 Å². The minimum absolute atomic E-state index is 0. The zero-order chi connectivity index (χ0) is 16.7. The number of hydrogen-bond acceptors (Lipinski definition) is 3. The van der Waals surface area contributed by atoms with Gasteiger partial charge in [0.15, 0.2) is 0 Å². The summed E-state index contributed by atoms with van der Waals surface area (Å²) in [6, 6.07) is 4.91. The van der Waals surface area contributed by atoms with Crippen molar-refractivity contribution in [1.29, 1.82) is 0 Å². The maximum absolute atomic E-state index is 12.1. The molecule has 1 aromatic carbocycles. The van der Waals surface area contributed by atoms with Gasteiger partial charge in [0.05, 0.1) is 6.04 Å². The third-order valence-corrected chi connectivity index (χ3v) is 3.40. The zero-order valence-electron chi connectivity index (χ0n) is 14.3. The van der Waals surface area contributed by atoms with E-state index >= 15 is 0 Å². The van der Waals surface area contributed by atoms with E-state index in [9.17, 15) is 9.59 Å². The summed E-state index contributed by atoms with van der Waals surface area (Å²) in [5.74, 6) is 0.140. The molecule has 0 fully saturated rings. The highest BCUT2D eigenvalue weighted by Crippen LogP contribution is 2.24. The Morgan fingerprint density at radius 1 is 1.17 bits per heavy atom. The van der Waals surface area contributed by atoms with Gasteiger partial charge in [-0.1, -0.05) is 26.8 Å². The van der Waals surface area contributed by atoms with Crippen LogP contribution in [0.25, 0.3) is 0 Å². The molecular weight excluding hydrogens is 314 g/mol. The molecule has 0 aliphatic rings. The number of halogens is 1. The Bertz CT molecular complexity index is 533. The van der Waals surface area contributed by atoms with Crippen molar-refractivity contribution in [3.05, 3.63) is 23.8 Å². The second-order valence-electron chi connectivity index (χ2n) is 6.00. The fourth-order valence-corrected chi connectivity index (χ4v) is 2.19. The SMILES string of the molecule is CCCC(=O)Nc1cccc(NC(=O)[C@@H](N)CC(C)C)c1C.Cl. The maximum atomic E-state index is 12.1. The molecule has 0 aliphatic carbocycles. The molecule has 1 aromatic rings. The lowest BCUT2D eigenvalue weighted by molar-refractivity contribution is -0.118. The van der Waals surface area contributed by atoms with E-state index in [4.69, 9.17) is 5.73 Å². The maximum Gasteiger partial charge on any atom is 0.241 e. The van der Waals surface area contributed by atoms with Crippen molar-refractivity contribution in [1.82, 2.24) is 0 Å². The van der Waals surface area contributed by atoms with Crippen LogP contribution in [-0.4, -0.2) is 17.9 Å². The molecule has 4 N–H and O–H groups in total. The monoisotopic (exact) mass is 341 g/mol. The normalized spacial score (nSPS) is 11.6. The fourth-order valence-electron chi connectivity index (χ4n) is 2.19. The minimum atomic E-state index is -0.530. The van der Waals surface area contributed by atoms with Gasteiger partial charge in [-0.15, -0.1) is 12.4 Å². The highest BCUT2D eigenvalue weighted by Gasteiger charge is 2.16. The average molecular weight is 342 g/mol. The second-order valence-corrected chi connectivity index (χ2v) is 6.00. The van der Waals surface area contributed by atoms with E-state index in [1.165, 1.54) is 0 Å². The lowest BCUT2D eigenvalue weighted by Crippen LogP contribution is -2.36. The van der Waals surface area contributed by atoms with Crippen LogP contribution in [0, 0.1) is 12.8 Å². The molecule has 1 atom stereocenters. The molecule has 23 heavy (non-hydrogen) atoms. The number of carbonyl (C=O) groups is 2. The summed E-state index contributed by atoms with van der Waals surface area (Å²) in [7, 11) is 0. The Balaban J connectivity index is 0.00000484. The van der Waals surface area contributed by atoms with Crippen LogP contribution in [0.4, 0.5) is 11.4 Å². The summed E-state index contributed by atoms with van der Waals surface area (Å²) in [5.41, 5.74) is 8.12. The van der Waals surface area contributed by atoms with Gasteiger partial charge >= 0.3 is 0 Å². The number of rotatable bonds is 7. The smallest absolute Gasteiger partial charge is 0.241 e. The molecule has 0 aliphatic heterocycles. The molecule has 5 nitrogen and oxygen atoms in total. The zero-order valence-corrected chi connectivity index (χ0v) is 15.1. The van der Waals surface area contributed by atoms with Gasteiger partial charge < -0.3 is 16.4 Å². The van der Waals surface area contributed by atoms with Gasteiger partial charge in [0.2, 0.25) is 11.8 Å². The number of benzene rings is 1. The number of nitrogens with one attached hydrogen (secondary N) is 2. The van der Waals surface area contributed by atoms with Gasteiger partial charge in [-0.2, -0.15) is 0 Å². The van der Waals surface area contributed by atoms with E-state index in [1.807, 2.05) is 39.8 Å². The standard InChI is InChI=1S/C17H27N3O2.ClH/c1-5-7-16(21)19-14-8-6-9-15(12(14)4)20-17(22)13(18)10-11(2)3;/h6,8-9,11,13H,5,7,10,18H2,1-4H3,(H,19,21)(H,20,22);1H/t13-;/m0./s1. The topological polar surface area (TPSA) is 84.2 Å². The molecule has 1 rings (SSSR count). The summed E-state index contributed by atoms with van der Waals surface area (Å²) in [6.45, 7) is 7.88. The number of hydrogen-bond donors (Lipinski definition) is 3. The summed E-state index contributed by atoms with van der Waals surface area (Å²) < 4.78 is 0. The molecule has 0 bridgehead atoms. The van der Waals surface area contributed by atoms with Crippen LogP contribution in [-0.2, 0) is 9.59 Å². The summed E-state index contributed by atoms with van der Waals surface area (Å²) in [4.78, 5) is 23.8. The van der Waals surface area contributed by atoms with Crippen molar-refractivity contribution in [2.75, 3.05) is 10.6 Å². The molecule has 0 heterocycles. The van der Waals surface area contributed by atoms with Gasteiger partial charge in [0.1, 0.15) is 0 Å². The first-order valence-corrected chi connectivity index (χ1v) is 7.81. The first-order chi connectivity index (χ1) is 10.3. The lowest BCUT2D eigenvalue weighted by Gasteiger charge is -2.17. The van der Waals surface area contributed by atoms with Crippen molar-refractivity contribution < 1.29 is 9.59 Å². The summed E-state index contributed by atoms with van der Waals surface area (Å²) in [6.07, 6.45) is 1.92. The molecule has 0 aromatic heterocycles. The van der Waals surface area contributed by atoms with Gasteiger partial charge in [-0.05, 0) is 43.4 Å². The third kappa shape index (κ3) is 7.01. The van der Waals surface area contributed by atoms with Crippen molar-refractivity contribution in [3.63, 3.8) is 0 Å².